The van der Waals surface area contributed by atoms with E-state index in [1.165, 1.54) is 30.1 Å². The molecule has 0 unspecified atom stereocenters. The largest absolute Gasteiger partial charge is 0.372 e. The molecule has 0 spiro atoms. The number of hydrogen-bond acceptors (Lipinski definition) is 4. The number of amides is 1. The summed E-state index contributed by atoms with van der Waals surface area (Å²) >= 11 is 7.03. The minimum atomic E-state index is -0.183. The van der Waals surface area contributed by atoms with Gasteiger partial charge in [0.05, 0.1) is 5.56 Å². The van der Waals surface area contributed by atoms with Crippen LogP contribution in [0.2, 0.25) is 5.15 Å². The average molecular weight is 322 g/mol. The number of rotatable bonds is 4. The highest BCUT2D eigenvalue weighted by Crippen LogP contribution is 2.20. The maximum Gasteiger partial charge on any atom is 0.255 e. The van der Waals surface area contributed by atoms with Crippen molar-refractivity contribution in [3.63, 3.8) is 0 Å². The lowest BCUT2D eigenvalue weighted by molar-refractivity contribution is 0.0951. The fourth-order valence-electron chi connectivity index (χ4n) is 2.45. The molecule has 0 aliphatic carbocycles. The van der Waals surface area contributed by atoms with Gasteiger partial charge in [-0.15, -0.1) is 0 Å². The maximum atomic E-state index is 11.9. The van der Waals surface area contributed by atoms with Crippen molar-refractivity contribution in [1.29, 1.82) is 0 Å². The fraction of sp³-hybridized carbons (Fsp3) is 0.333. The number of nitrogens with zero attached hydrogens (tertiary/aromatic N) is 2. The van der Waals surface area contributed by atoms with Gasteiger partial charge in [0, 0.05) is 30.7 Å². The Bertz CT molecular complexity index is 620. The Morgan fingerprint density at radius 1 is 1.29 bits per heavy atom. The first-order valence-electron chi connectivity index (χ1n) is 6.96. The van der Waals surface area contributed by atoms with Crippen LogP contribution in [0, 0.1) is 0 Å². The number of halogens is 1. The number of aromatic nitrogens is 1. The summed E-state index contributed by atoms with van der Waals surface area (Å²) in [6.45, 7) is 2.77. The summed E-state index contributed by atoms with van der Waals surface area (Å²) in [5, 5.41) is 4.79. The molecule has 2 aromatic rings. The predicted molar refractivity (Wildman–Crippen MR) is 86.2 cm³/mol. The molecule has 1 amide bonds. The lowest BCUT2D eigenvalue weighted by atomic mass is 10.2. The molecule has 21 heavy (non-hydrogen) atoms. The van der Waals surface area contributed by atoms with Crippen molar-refractivity contribution in [1.82, 2.24) is 9.69 Å². The third-order valence-electron chi connectivity index (χ3n) is 3.63. The van der Waals surface area contributed by atoms with E-state index in [0.29, 0.717) is 12.1 Å². The summed E-state index contributed by atoms with van der Waals surface area (Å²) in [6.07, 6.45) is 2.54. The molecule has 2 heterocycles. The fourth-order valence-corrected chi connectivity index (χ4v) is 3.34. The maximum absolute atomic E-state index is 11.9. The van der Waals surface area contributed by atoms with Crippen LogP contribution in [0.1, 0.15) is 28.8 Å². The van der Waals surface area contributed by atoms with E-state index in [-0.39, 0.29) is 11.1 Å². The van der Waals surface area contributed by atoms with E-state index < -0.39 is 0 Å². The first-order valence-corrected chi connectivity index (χ1v) is 8.17. The highest BCUT2D eigenvalue weighted by molar-refractivity contribution is 7.04. The molecule has 0 bridgehead atoms. The number of nitrogens with one attached hydrogen (secondary N) is 1. The molecule has 0 radical (unpaired) electrons. The van der Waals surface area contributed by atoms with E-state index in [2.05, 4.69) is 38.9 Å². The second kappa shape index (κ2) is 6.45. The van der Waals surface area contributed by atoms with Crippen molar-refractivity contribution in [3.8, 4) is 0 Å². The van der Waals surface area contributed by atoms with Crippen molar-refractivity contribution in [2.24, 2.45) is 0 Å². The van der Waals surface area contributed by atoms with Crippen LogP contribution >= 0.6 is 23.1 Å². The standard InChI is InChI=1S/C15H16ClN3OS/c16-14-13(10-21-18-14)15(20)17-9-11-3-5-12(6-4-11)19-7-1-2-8-19/h3-6,10H,1-2,7-9H2,(H,17,20). The molecule has 1 saturated heterocycles. The van der Waals surface area contributed by atoms with Gasteiger partial charge in [-0.3, -0.25) is 4.79 Å². The average Bonchev–Trinajstić information content (AvgIpc) is 3.16. The van der Waals surface area contributed by atoms with Gasteiger partial charge in [0.25, 0.3) is 5.91 Å². The molecule has 1 aliphatic rings. The number of hydrogen-bond donors (Lipinski definition) is 1. The Labute approximate surface area is 132 Å². The zero-order chi connectivity index (χ0) is 14.7. The second-order valence-corrected chi connectivity index (χ2v) is 6.05. The van der Waals surface area contributed by atoms with E-state index in [0.717, 1.165) is 18.7 Å². The molecule has 6 heteroatoms. The Hall–Kier alpha value is -1.59. The van der Waals surface area contributed by atoms with Crippen LogP contribution in [-0.2, 0) is 6.54 Å². The Morgan fingerprint density at radius 2 is 2.00 bits per heavy atom. The summed E-state index contributed by atoms with van der Waals surface area (Å²) < 4.78 is 3.89. The summed E-state index contributed by atoms with van der Waals surface area (Å²) in [4.78, 5) is 14.3. The monoisotopic (exact) mass is 321 g/mol. The molecule has 1 aromatic carbocycles. The van der Waals surface area contributed by atoms with Gasteiger partial charge in [-0.1, -0.05) is 23.7 Å². The van der Waals surface area contributed by atoms with Crippen molar-refractivity contribution in [2.45, 2.75) is 19.4 Å². The van der Waals surface area contributed by atoms with E-state index in [4.69, 9.17) is 11.6 Å². The number of carbonyl (C=O) groups is 1. The second-order valence-electron chi connectivity index (χ2n) is 5.06. The molecule has 110 valence electrons. The lowest BCUT2D eigenvalue weighted by Crippen LogP contribution is -2.22. The van der Waals surface area contributed by atoms with Crippen LogP contribution in [0.5, 0.6) is 0 Å². The molecular weight excluding hydrogens is 306 g/mol. The van der Waals surface area contributed by atoms with Gasteiger partial charge in [-0.2, -0.15) is 4.37 Å². The van der Waals surface area contributed by atoms with E-state index in [1.807, 2.05) is 0 Å². The van der Waals surface area contributed by atoms with Gasteiger partial charge < -0.3 is 10.2 Å². The third kappa shape index (κ3) is 3.36. The summed E-state index contributed by atoms with van der Waals surface area (Å²) in [7, 11) is 0. The Balaban J connectivity index is 1.58. The summed E-state index contributed by atoms with van der Waals surface area (Å²) in [5.41, 5.74) is 2.77. The Kier molecular flexibility index (Phi) is 4.41. The topological polar surface area (TPSA) is 45.2 Å². The first-order chi connectivity index (χ1) is 10.2. The lowest BCUT2D eigenvalue weighted by Gasteiger charge is -2.17. The highest BCUT2D eigenvalue weighted by atomic mass is 35.5. The summed E-state index contributed by atoms with van der Waals surface area (Å²) in [6, 6.07) is 8.35. The molecular formula is C15H16ClN3OS. The van der Waals surface area contributed by atoms with Gasteiger partial charge in [0.2, 0.25) is 0 Å². The van der Waals surface area contributed by atoms with Crippen LogP contribution in [0.25, 0.3) is 0 Å². The minimum absolute atomic E-state index is 0.183. The Morgan fingerprint density at radius 3 is 2.62 bits per heavy atom. The van der Waals surface area contributed by atoms with Crippen LogP contribution < -0.4 is 10.2 Å². The number of benzene rings is 1. The third-order valence-corrected chi connectivity index (χ3v) is 4.65. The van der Waals surface area contributed by atoms with E-state index in [1.54, 1.807) is 5.38 Å². The molecule has 4 nitrogen and oxygen atoms in total. The van der Waals surface area contributed by atoms with Crippen molar-refractivity contribution < 1.29 is 4.79 Å². The molecule has 0 atom stereocenters. The molecule has 3 rings (SSSR count). The van der Waals surface area contributed by atoms with Crippen LogP contribution in [-0.4, -0.2) is 23.4 Å². The molecule has 0 saturated carbocycles. The van der Waals surface area contributed by atoms with Gasteiger partial charge in [-0.05, 0) is 42.1 Å². The SMILES string of the molecule is O=C(NCc1ccc(N2CCCC2)cc1)c1csnc1Cl. The first kappa shape index (κ1) is 14.4. The number of anilines is 1. The van der Waals surface area contributed by atoms with E-state index >= 15 is 0 Å². The normalized spacial score (nSPS) is 14.4. The smallest absolute Gasteiger partial charge is 0.255 e. The molecule has 1 aliphatic heterocycles. The minimum Gasteiger partial charge on any atom is -0.372 e. The van der Waals surface area contributed by atoms with Crippen LogP contribution in [0.4, 0.5) is 5.69 Å². The highest BCUT2D eigenvalue weighted by Gasteiger charge is 2.13. The zero-order valence-electron chi connectivity index (χ0n) is 11.5. The predicted octanol–water partition coefficient (Wildman–Crippen LogP) is 3.33. The van der Waals surface area contributed by atoms with E-state index in [9.17, 15) is 4.79 Å². The quantitative estimate of drug-likeness (QED) is 0.939. The van der Waals surface area contributed by atoms with Crippen LogP contribution in [0.3, 0.4) is 0 Å². The van der Waals surface area contributed by atoms with Crippen molar-refractivity contribution in [3.05, 3.63) is 45.9 Å². The van der Waals surface area contributed by atoms with Gasteiger partial charge in [-0.25, -0.2) is 0 Å². The van der Waals surface area contributed by atoms with Crippen molar-refractivity contribution >= 4 is 34.7 Å². The van der Waals surface area contributed by atoms with Crippen molar-refractivity contribution in [2.75, 3.05) is 18.0 Å². The number of carbonyl (C=O) groups excluding carboxylic acids is 1. The van der Waals surface area contributed by atoms with Crippen LogP contribution in [0.15, 0.2) is 29.6 Å². The zero-order valence-corrected chi connectivity index (χ0v) is 13.1. The van der Waals surface area contributed by atoms with Gasteiger partial charge >= 0.3 is 0 Å². The summed E-state index contributed by atoms with van der Waals surface area (Å²) in [5.74, 6) is -0.183. The molecule has 1 fully saturated rings. The van der Waals surface area contributed by atoms with Gasteiger partial charge in [0.1, 0.15) is 0 Å². The van der Waals surface area contributed by atoms with Gasteiger partial charge in [0.15, 0.2) is 5.15 Å². The molecule has 1 N–H and O–H groups in total. The molecule has 1 aromatic heterocycles.